The minimum absolute atomic E-state index is 0.102. The van der Waals surface area contributed by atoms with Gasteiger partial charge in [0.1, 0.15) is 0 Å². The van der Waals surface area contributed by atoms with E-state index in [1.165, 1.54) is 11.1 Å². The van der Waals surface area contributed by atoms with Gasteiger partial charge in [-0.25, -0.2) is 0 Å². The van der Waals surface area contributed by atoms with Crippen molar-refractivity contribution in [2.24, 2.45) is 0 Å². The lowest BCUT2D eigenvalue weighted by Crippen LogP contribution is -2.23. The highest BCUT2D eigenvalue weighted by Gasteiger charge is 2.21. The first kappa shape index (κ1) is 15.2. The molecule has 0 aliphatic heterocycles. The van der Waals surface area contributed by atoms with Crippen LogP contribution in [0.3, 0.4) is 0 Å². The number of hydrogen-bond donors (Lipinski definition) is 1. The zero-order chi connectivity index (χ0) is 14.5. The fourth-order valence-corrected chi connectivity index (χ4v) is 2.89. The predicted octanol–water partition coefficient (Wildman–Crippen LogP) is 2.91. The smallest absolute Gasteiger partial charge is 0.0760 e. The summed E-state index contributed by atoms with van der Waals surface area (Å²) in [7, 11) is 3.67. The van der Waals surface area contributed by atoms with Crippen molar-refractivity contribution >= 4 is 15.9 Å². The number of benzene rings is 1. The highest BCUT2D eigenvalue weighted by Crippen LogP contribution is 2.30. The molecule has 0 fully saturated rings. The van der Waals surface area contributed by atoms with Crippen LogP contribution in [0.25, 0.3) is 0 Å². The molecule has 1 N–H and O–H groups in total. The number of methoxy groups -OCH3 is 1. The van der Waals surface area contributed by atoms with E-state index in [0.29, 0.717) is 6.61 Å². The maximum absolute atomic E-state index is 5.16. The molecule has 108 valence electrons. The number of hydrogen-bond acceptors (Lipinski definition) is 3. The van der Waals surface area contributed by atoms with E-state index in [-0.39, 0.29) is 6.04 Å². The maximum atomic E-state index is 5.16. The van der Waals surface area contributed by atoms with Crippen molar-refractivity contribution in [3.05, 3.63) is 51.8 Å². The van der Waals surface area contributed by atoms with Crippen molar-refractivity contribution in [3.8, 4) is 0 Å². The quantitative estimate of drug-likeness (QED) is 0.880. The van der Waals surface area contributed by atoms with Crippen molar-refractivity contribution < 1.29 is 4.74 Å². The summed E-state index contributed by atoms with van der Waals surface area (Å²) in [4.78, 5) is 0. The van der Waals surface area contributed by atoms with Crippen LogP contribution in [0.5, 0.6) is 0 Å². The molecule has 0 saturated carbocycles. The summed E-state index contributed by atoms with van der Waals surface area (Å²) in [6.45, 7) is 3.51. The monoisotopic (exact) mass is 337 g/mol. The third kappa shape index (κ3) is 3.11. The number of aryl methyl sites for hydroxylation is 1. The molecule has 0 saturated heterocycles. The van der Waals surface area contributed by atoms with E-state index in [0.717, 1.165) is 16.7 Å². The number of halogens is 1. The van der Waals surface area contributed by atoms with Crippen molar-refractivity contribution in [2.75, 3.05) is 20.8 Å². The Morgan fingerprint density at radius 2 is 2.15 bits per heavy atom. The number of aromatic nitrogens is 2. The topological polar surface area (TPSA) is 39.1 Å². The van der Waals surface area contributed by atoms with Crippen LogP contribution in [0.2, 0.25) is 0 Å². The molecular formula is C15H20BrN3O. The van der Waals surface area contributed by atoms with Crippen LogP contribution in [0.4, 0.5) is 0 Å². The van der Waals surface area contributed by atoms with E-state index >= 15 is 0 Å². The zero-order valence-electron chi connectivity index (χ0n) is 12.1. The Kier molecular flexibility index (Phi) is 5.34. The lowest BCUT2D eigenvalue weighted by atomic mass is 9.99. The van der Waals surface area contributed by atoms with Crippen LogP contribution in [0.1, 0.15) is 22.9 Å². The molecule has 0 aliphatic carbocycles. The predicted molar refractivity (Wildman–Crippen MR) is 83.9 cm³/mol. The van der Waals surface area contributed by atoms with Gasteiger partial charge in [-0.05, 0) is 41.0 Å². The highest BCUT2D eigenvalue weighted by atomic mass is 79.9. The number of nitrogens with zero attached hydrogens (tertiary/aromatic N) is 2. The van der Waals surface area contributed by atoms with Gasteiger partial charge >= 0.3 is 0 Å². The molecule has 1 aromatic heterocycles. The maximum Gasteiger partial charge on any atom is 0.0760 e. The summed E-state index contributed by atoms with van der Waals surface area (Å²) in [6.07, 6.45) is 1.84. The molecule has 0 radical (unpaired) electrons. The lowest BCUT2D eigenvalue weighted by molar-refractivity contribution is 0.182. The van der Waals surface area contributed by atoms with Crippen LogP contribution in [-0.4, -0.2) is 30.5 Å². The lowest BCUT2D eigenvalue weighted by Gasteiger charge is -2.21. The zero-order valence-corrected chi connectivity index (χ0v) is 13.6. The van der Waals surface area contributed by atoms with Crippen LogP contribution < -0.4 is 5.32 Å². The van der Waals surface area contributed by atoms with Gasteiger partial charge in [0, 0.05) is 7.11 Å². The molecule has 0 amide bonds. The van der Waals surface area contributed by atoms with E-state index in [2.05, 4.69) is 57.5 Å². The third-order valence-electron chi connectivity index (χ3n) is 3.40. The second-order valence-corrected chi connectivity index (χ2v) is 5.53. The van der Waals surface area contributed by atoms with Gasteiger partial charge < -0.3 is 10.1 Å². The highest BCUT2D eigenvalue weighted by molar-refractivity contribution is 9.10. The normalized spacial score (nSPS) is 12.6. The van der Waals surface area contributed by atoms with Gasteiger partial charge in [0.2, 0.25) is 0 Å². The largest absolute Gasteiger partial charge is 0.383 e. The molecular weight excluding hydrogens is 318 g/mol. The number of rotatable bonds is 6. The first-order chi connectivity index (χ1) is 9.69. The average Bonchev–Trinajstić information content (AvgIpc) is 2.81. The third-order valence-corrected chi connectivity index (χ3v) is 4.01. The Morgan fingerprint density at radius 3 is 2.80 bits per heavy atom. The standard InChI is InChI=1S/C15H20BrN3O/c1-11-6-4-5-7-12(11)14(17-2)15-13(16)10-18-19(15)8-9-20-3/h4-7,10,14,17H,8-9H2,1-3H3. The summed E-state index contributed by atoms with van der Waals surface area (Å²) in [5.41, 5.74) is 3.65. The molecule has 1 heterocycles. The molecule has 4 nitrogen and oxygen atoms in total. The van der Waals surface area contributed by atoms with Gasteiger partial charge in [0.25, 0.3) is 0 Å². The van der Waals surface area contributed by atoms with Gasteiger partial charge in [-0.15, -0.1) is 0 Å². The Bertz CT molecular complexity index is 568. The first-order valence-electron chi connectivity index (χ1n) is 6.62. The van der Waals surface area contributed by atoms with Gasteiger partial charge in [-0.1, -0.05) is 24.3 Å². The van der Waals surface area contributed by atoms with Gasteiger partial charge in [0.05, 0.1) is 35.6 Å². The molecule has 20 heavy (non-hydrogen) atoms. The van der Waals surface area contributed by atoms with Gasteiger partial charge in [0.15, 0.2) is 0 Å². The number of ether oxygens (including phenoxy) is 1. The minimum Gasteiger partial charge on any atom is -0.383 e. The minimum atomic E-state index is 0.102. The van der Waals surface area contributed by atoms with Crippen LogP contribution in [0, 0.1) is 6.92 Å². The van der Waals surface area contributed by atoms with Crippen molar-refractivity contribution in [2.45, 2.75) is 19.5 Å². The van der Waals surface area contributed by atoms with Gasteiger partial charge in [-0.3, -0.25) is 4.68 Å². The first-order valence-corrected chi connectivity index (χ1v) is 7.41. The Morgan fingerprint density at radius 1 is 1.40 bits per heavy atom. The second-order valence-electron chi connectivity index (χ2n) is 4.67. The average molecular weight is 338 g/mol. The van der Waals surface area contributed by atoms with Gasteiger partial charge in [-0.2, -0.15) is 5.10 Å². The van der Waals surface area contributed by atoms with E-state index < -0.39 is 0 Å². The van der Waals surface area contributed by atoms with Crippen molar-refractivity contribution in [1.82, 2.24) is 15.1 Å². The Balaban J connectivity index is 2.42. The second kappa shape index (κ2) is 7.02. The van der Waals surface area contributed by atoms with Crippen LogP contribution >= 0.6 is 15.9 Å². The molecule has 1 aromatic carbocycles. The van der Waals surface area contributed by atoms with Crippen LogP contribution in [-0.2, 0) is 11.3 Å². The molecule has 1 atom stereocenters. The van der Waals surface area contributed by atoms with E-state index in [1.807, 2.05) is 17.9 Å². The number of nitrogens with one attached hydrogen (secondary N) is 1. The molecule has 1 unspecified atom stereocenters. The van der Waals surface area contributed by atoms with E-state index in [4.69, 9.17) is 4.74 Å². The Labute approximate surface area is 128 Å². The SMILES string of the molecule is CNC(c1ccccc1C)c1c(Br)cnn1CCOC. The summed E-state index contributed by atoms with van der Waals surface area (Å²) in [6, 6.07) is 8.50. The van der Waals surface area contributed by atoms with Crippen molar-refractivity contribution in [3.63, 3.8) is 0 Å². The summed E-state index contributed by atoms with van der Waals surface area (Å²) < 4.78 is 8.15. The van der Waals surface area contributed by atoms with E-state index in [1.54, 1.807) is 7.11 Å². The summed E-state index contributed by atoms with van der Waals surface area (Å²) >= 11 is 3.61. The fourth-order valence-electron chi connectivity index (χ4n) is 2.37. The summed E-state index contributed by atoms with van der Waals surface area (Å²) in [5.74, 6) is 0. The molecule has 2 aromatic rings. The van der Waals surface area contributed by atoms with Crippen LogP contribution in [0.15, 0.2) is 34.9 Å². The van der Waals surface area contributed by atoms with E-state index in [9.17, 15) is 0 Å². The summed E-state index contributed by atoms with van der Waals surface area (Å²) in [5, 5.41) is 7.81. The molecule has 0 spiro atoms. The molecule has 2 rings (SSSR count). The fraction of sp³-hybridized carbons (Fsp3) is 0.400. The molecule has 0 aliphatic rings. The molecule has 0 bridgehead atoms. The van der Waals surface area contributed by atoms with Crippen molar-refractivity contribution in [1.29, 1.82) is 0 Å². The molecule has 5 heteroatoms. The Hall–Kier alpha value is -1.17.